The summed E-state index contributed by atoms with van der Waals surface area (Å²) < 4.78 is 11.1. The summed E-state index contributed by atoms with van der Waals surface area (Å²) in [6, 6.07) is 5.79. The molecule has 2 rings (SSSR count). The molecule has 1 aliphatic heterocycles. The van der Waals surface area contributed by atoms with Gasteiger partial charge in [-0.3, -0.25) is 4.79 Å². The highest BCUT2D eigenvalue weighted by atomic mass is 16.5. The van der Waals surface area contributed by atoms with Crippen LogP contribution < -0.4 is 4.74 Å². The Morgan fingerprint density at radius 2 is 2.28 bits per heavy atom. The molecule has 0 saturated carbocycles. The van der Waals surface area contributed by atoms with Crippen LogP contribution in [0.25, 0.3) is 0 Å². The van der Waals surface area contributed by atoms with Crippen LogP contribution in [0.4, 0.5) is 0 Å². The van der Waals surface area contributed by atoms with E-state index in [1.165, 1.54) is 0 Å². The lowest BCUT2D eigenvalue weighted by Crippen LogP contribution is -2.24. The number of para-hydroxylation sites is 1. The quantitative estimate of drug-likeness (QED) is 0.726. The van der Waals surface area contributed by atoms with Crippen molar-refractivity contribution in [3.63, 3.8) is 0 Å². The smallest absolute Gasteiger partial charge is 0.195 e. The topological polar surface area (TPSA) is 35.5 Å². The Labute approximate surface area is 108 Å². The fraction of sp³-hybridized carbons (Fsp3) is 0.533. The number of Topliss-reactive ketones (excluding diaryl/α,β-unsaturated/α-hetero) is 1. The van der Waals surface area contributed by atoms with E-state index < -0.39 is 0 Å². The third-order valence-electron chi connectivity index (χ3n) is 3.19. The lowest BCUT2D eigenvalue weighted by molar-refractivity contribution is 0.0420. The Morgan fingerprint density at radius 1 is 1.44 bits per heavy atom. The first kappa shape index (κ1) is 13.1. The van der Waals surface area contributed by atoms with Gasteiger partial charge in [-0.15, -0.1) is 0 Å². The van der Waals surface area contributed by atoms with Crippen LogP contribution in [0.15, 0.2) is 18.2 Å². The van der Waals surface area contributed by atoms with Crippen LogP contribution in [0.2, 0.25) is 0 Å². The van der Waals surface area contributed by atoms with E-state index in [-0.39, 0.29) is 11.9 Å². The van der Waals surface area contributed by atoms with E-state index in [4.69, 9.17) is 9.47 Å². The van der Waals surface area contributed by atoms with E-state index in [1.54, 1.807) is 0 Å². The normalized spacial score (nSPS) is 15.0. The predicted molar refractivity (Wildman–Crippen MR) is 70.3 cm³/mol. The second kappa shape index (κ2) is 6.01. The summed E-state index contributed by atoms with van der Waals surface area (Å²) in [5.74, 6) is 0.820. The van der Waals surface area contributed by atoms with Crippen molar-refractivity contribution in [3.05, 3.63) is 29.3 Å². The summed E-state index contributed by atoms with van der Waals surface area (Å²) >= 11 is 0. The van der Waals surface area contributed by atoms with E-state index in [0.29, 0.717) is 18.8 Å². The maximum Gasteiger partial charge on any atom is 0.195 e. The Kier molecular flexibility index (Phi) is 4.37. The van der Waals surface area contributed by atoms with Crippen LogP contribution in [-0.4, -0.2) is 25.1 Å². The van der Waals surface area contributed by atoms with Crippen molar-refractivity contribution >= 4 is 5.78 Å². The largest absolute Gasteiger partial charge is 0.492 e. The van der Waals surface area contributed by atoms with Crippen molar-refractivity contribution in [1.29, 1.82) is 0 Å². The highest BCUT2D eigenvalue weighted by molar-refractivity contribution is 6.02. The highest BCUT2D eigenvalue weighted by Gasteiger charge is 2.26. The molecule has 0 spiro atoms. The number of carbonyl (C=O) groups excluding carboxylic acids is 1. The van der Waals surface area contributed by atoms with Crippen molar-refractivity contribution in [2.24, 2.45) is 0 Å². The van der Waals surface area contributed by atoms with E-state index in [9.17, 15) is 4.79 Å². The molecular weight excluding hydrogens is 228 g/mol. The van der Waals surface area contributed by atoms with E-state index >= 15 is 0 Å². The van der Waals surface area contributed by atoms with Crippen molar-refractivity contribution in [2.75, 3.05) is 13.2 Å². The highest BCUT2D eigenvalue weighted by Crippen LogP contribution is 2.31. The van der Waals surface area contributed by atoms with Crippen LogP contribution in [0.1, 0.15) is 42.6 Å². The van der Waals surface area contributed by atoms with Gasteiger partial charge in [0.15, 0.2) is 5.78 Å². The maximum absolute atomic E-state index is 12.5. The maximum atomic E-state index is 12.5. The van der Waals surface area contributed by atoms with Gasteiger partial charge in [0, 0.05) is 13.0 Å². The third kappa shape index (κ3) is 2.56. The summed E-state index contributed by atoms with van der Waals surface area (Å²) in [5.41, 5.74) is 1.81. The molecule has 1 atom stereocenters. The zero-order valence-electron chi connectivity index (χ0n) is 11.1. The number of carbonyl (C=O) groups is 1. The van der Waals surface area contributed by atoms with Crippen LogP contribution in [0.5, 0.6) is 5.75 Å². The third-order valence-corrected chi connectivity index (χ3v) is 3.19. The summed E-state index contributed by atoms with van der Waals surface area (Å²) in [5, 5.41) is 0. The van der Waals surface area contributed by atoms with Crippen molar-refractivity contribution in [1.82, 2.24) is 0 Å². The summed E-state index contributed by atoms with van der Waals surface area (Å²) in [6.45, 7) is 5.21. The second-order valence-electron chi connectivity index (χ2n) is 4.49. The number of benzene rings is 1. The molecule has 0 N–H and O–H groups in total. The van der Waals surface area contributed by atoms with E-state index in [2.05, 4.69) is 6.92 Å². The molecule has 0 amide bonds. The molecule has 0 aliphatic carbocycles. The molecule has 0 fully saturated rings. The number of ether oxygens (including phenoxy) is 2. The molecule has 98 valence electrons. The average molecular weight is 248 g/mol. The van der Waals surface area contributed by atoms with Gasteiger partial charge in [-0.25, -0.2) is 0 Å². The van der Waals surface area contributed by atoms with E-state index in [0.717, 1.165) is 30.6 Å². The second-order valence-corrected chi connectivity index (χ2v) is 4.49. The van der Waals surface area contributed by atoms with E-state index in [1.807, 2.05) is 25.1 Å². The molecule has 1 heterocycles. The SMILES string of the molecule is CCCC(OCC)C(=O)c1cccc2c1OCC2. The average Bonchev–Trinajstić information content (AvgIpc) is 2.85. The first-order valence-corrected chi connectivity index (χ1v) is 6.68. The number of ketones is 1. The Morgan fingerprint density at radius 3 is 3.00 bits per heavy atom. The molecule has 1 unspecified atom stereocenters. The fourth-order valence-electron chi connectivity index (χ4n) is 2.34. The molecule has 0 radical (unpaired) electrons. The van der Waals surface area contributed by atoms with Crippen LogP contribution >= 0.6 is 0 Å². The lowest BCUT2D eigenvalue weighted by Gasteiger charge is -2.16. The zero-order chi connectivity index (χ0) is 13.0. The zero-order valence-corrected chi connectivity index (χ0v) is 11.1. The van der Waals surface area contributed by atoms with Gasteiger partial charge in [0.2, 0.25) is 0 Å². The number of hydrogen-bond donors (Lipinski definition) is 0. The molecule has 1 aliphatic rings. The first-order valence-electron chi connectivity index (χ1n) is 6.68. The standard InChI is InChI=1S/C15H20O3/c1-3-6-13(17-4-2)14(16)12-8-5-7-11-9-10-18-15(11)12/h5,7-8,13H,3-4,6,9-10H2,1-2H3. The molecule has 1 aromatic carbocycles. The lowest BCUT2D eigenvalue weighted by atomic mass is 9.99. The van der Waals surface area contributed by atoms with Gasteiger partial charge in [-0.1, -0.05) is 25.5 Å². The Hall–Kier alpha value is -1.35. The fourth-order valence-corrected chi connectivity index (χ4v) is 2.34. The van der Waals surface area contributed by atoms with Crippen molar-refractivity contribution in [2.45, 2.75) is 39.2 Å². The molecule has 18 heavy (non-hydrogen) atoms. The Bertz CT molecular complexity index is 420. The van der Waals surface area contributed by atoms with Crippen LogP contribution in [0, 0.1) is 0 Å². The van der Waals surface area contributed by atoms with Crippen molar-refractivity contribution < 1.29 is 14.3 Å². The molecule has 3 nitrogen and oxygen atoms in total. The number of rotatable bonds is 6. The van der Waals surface area contributed by atoms with Gasteiger partial charge in [-0.05, 0) is 25.0 Å². The van der Waals surface area contributed by atoms with Gasteiger partial charge < -0.3 is 9.47 Å². The van der Waals surface area contributed by atoms with Crippen LogP contribution in [0.3, 0.4) is 0 Å². The first-order chi connectivity index (χ1) is 8.77. The van der Waals surface area contributed by atoms with Crippen LogP contribution in [-0.2, 0) is 11.2 Å². The van der Waals surface area contributed by atoms with Gasteiger partial charge >= 0.3 is 0 Å². The van der Waals surface area contributed by atoms with Gasteiger partial charge in [0.05, 0.1) is 12.2 Å². The minimum atomic E-state index is -0.337. The molecule has 0 saturated heterocycles. The van der Waals surface area contributed by atoms with Gasteiger partial charge in [0.25, 0.3) is 0 Å². The molecule has 0 aromatic heterocycles. The Balaban J connectivity index is 2.24. The van der Waals surface area contributed by atoms with Gasteiger partial charge in [0.1, 0.15) is 11.9 Å². The predicted octanol–water partition coefficient (Wildman–Crippen LogP) is 3.01. The number of hydrogen-bond acceptors (Lipinski definition) is 3. The molecule has 1 aromatic rings. The summed E-state index contributed by atoms with van der Waals surface area (Å²) in [6.07, 6.45) is 2.25. The molecular formula is C15H20O3. The molecule has 3 heteroatoms. The summed E-state index contributed by atoms with van der Waals surface area (Å²) in [4.78, 5) is 12.5. The molecule has 0 bridgehead atoms. The van der Waals surface area contributed by atoms with Gasteiger partial charge in [-0.2, -0.15) is 0 Å². The summed E-state index contributed by atoms with van der Waals surface area (Å²) in [7, 11) is 0. The minimum Gasteiger partial charge on any atom is -0.492 e. The monoisotopic (exact) mass is 248 g/mol. The minimum absolute atomic E-state index is 0.0532. The van der Waals surface area contributed by atoms with Crippen molar-refractivity contribution in [3.8, 4) is 5.75 Å². The number of fused-ring (bicyclic) bond motifs is 1.